The normalized spacial score (nSPS) is 32.5. The highest BCUT2D eigenvalue weighted by atomic mass is 16.5. The number of hydrogen-bond acceptors (Lipinski definition) is 2. The standard InChI is InChI=1S/C10H10O2/c11-10-9(6-7-12-10)8-4-2-1-3-5-8/h1-4,6-9H,5H2. The first-order chi connectivity index (χ1) is 5.88. The highest BCUT2D eigenvalue weighted by Crippen LogP contribution is 2.26. The molecule has 12 heavy (non-hydrogen) atoms. The van der Waals surface area contributed by atoms with Gasteiger partial charge in [-0.2, -0.15) is 0 Å². The molecular weight excluding hydrogens is 152 g/mol. The molecule has 2 heteroatoms. The summed E-state index contributed by atoms with van der Waals surface area (Å²) in [7, 11) is 0. The molecule has 0 radical (unpaired) electrons. The molecule has 1 heterocycles. The summed E-state index contributed by atoms with van der Waals surface area (Å²) in [5, 5.41) is 0. The summed E-state index contributed by atoms with van der Waals surface area (Å²) in [5.41, 5.74) is 0. The van der Waals surface area contributed by atoms with Gasteiger partial charge in [-0.25, -0.2) is 0 Å². The Hall–Kier alpha value is -1.31. The molecule has 0 aromatic rings. The molecule has 2 rings (SSSR count). The maximum absolute atomic E-state index is 11.1. The van der Waals surface area contributed by atoms with E-state index in [0.717, 1.165) is 6.42 Å². The van der Waals surface area contributed by atoms with Crippen molar-refractivity contribution in [3.8, 4) is 0 Å². The number of hydrogen-bond donors (Lipinski definition) is 0. The lowest BCUT2D eigenvalue weighted by atomic mass is 9.88. The van der Waals surface area contributed by atoms with Crippen molar-refractivity contribution in [2.75, 3.05) is 0 Å². The highest BCUT2D eigenvalue weighted by Gasteiger charge is 2.28. The first-order valence-corrected chi connectivity index (χ1v) is 4.08. The van der Waals surface area contributed by atoms with Gasteiger partial charge in [0.1, 0.15) is 0 Å². The van der Waals surface area contributed by atoms with Crippen molar-refractivity contribution in [2.45, 2.75) is 6.42 Å². The molecule has 1 aliphatic heterocycles. The van der Waals surface area contributed by atoms with Crippen molar-refractivity contribution in [2.24, 2.45) is 11.8 Å². The molecule has 2 aliphatic rings. The SMILES string of the molecule is O=C1OC=CC1C1C=CC=CC1. The summed E-state index contributed by atoms with van der Waals surface area (Å²) in [5.74, 6) is 0.104. The highest BCUT2D eigenvalue weighted by molar-refractivity contribution is 5.78. The lowest BCUT2D eigenvalue weighted by Gasteiger charge is -2.15. The Balaban J connectivity index is 2.09. The number of carbonyl (C=O) groups is 1. The van der Waals surface area contributed by atoms with Gasteiger partial charge < -0.3 is 4.74 Å². The third-order valence-corrected chi connectivity index (χ3v) is 2.22. The van der Waals surface area contributed by atoms with Crippen LogP contribution in [0.3, 0.4) is 0 Å². The number of cyclic esters (lactones) is 1. The Labute approximate surface area is 71.2 Å². The number of rotatable bonds is 1. The van der Waals surface area contributed by atoms with E-state index in [0.29, 0.717) is 5.92 Å². The zero-order valence-electron chi connectivity index (χ0n) is 6.64. The Morgan fingerprint density at radius 2 is 2.25 bits per heavy atom. The summed E-state index contributed by atoms with van der Waals surface area (Å²) in [4.78, 5) is 11.1. The van der Waals surface area contributed by atoms with Gasteiger partial charge in [-0.05, 0) is 18.4 Å². The van der Waals surface area contributed by atoms with Crippen LogP contribution < -0.4 is 0 Å². The molecule has 2 unspecified atom stereocenters. The minimum Gasteiger partial charge on any atom is -0.434 e. The maximum Gasteiger partial charge on any atom is 0.318 e. The van der Waals surface area contributed by atoms with Crippen LogP contribution in [-0.2, 0) is 9.53 Å². The van der Waals surface area contributed by atoms with Crippen LogP contribution in [0.4, 0.5) is 0 Å². The van der Waals surface area contributed by atoms with Crippen LogP contribution in [-0.4, -0.2) is 5.97 Å². The van der Waals surface area contributed by atoms with Crippen molar-refractivity contribution in [1.29, 1.82) is 0 Å². The zero-order chi connectivity index (χ0) is 8.39. The summed E-state index contributed by atoms with van der Waals surface area (Å²) < 4.78 is 4.74. The fourth-order valence-corrected chi connectivity index (χ4v) is 1.53. The molecule has 0 aromatic carbocycles. The Morgan fingerprint density at radius 3 is 2.83 bits per heavy atom. The molecule has 0 saturated heterocycles. The molecule has 0 N–H and O–H groups in total. The van der Waals surface area contributed by atoms with E-state index in [4.69, 9.17) is 4.74 Å². The van der Waals surface area contributed by atoms with E-state index in [2.05, 4.69) is 12.2 Å². The second-order valence-corrected chi connectivity index (χ2v) is 3.00. The summed E-state index contributed by atoms with van der Waals surface area (Å²) >= 11 is 0. The molecule has 2 nitrogen and oxygen atoms in total. The second-order valence-electron chi connectivity index (χ2n) is 3.00. The predicted molar refractivity (Wildman–Crippen MR) is 45.1 cm³/mol. The smallest absolute Gasteiger partial charge is 0.318 e. The molecule has 0 spiro atoms. The molecule has 2 atom stereocenters. The van der Waals surface area contributed by atoms with Crippen LogP contribution in [0.1, 0.15) is 6.42 Å². The van der Waals surface area contributed by atoms with E-state index in [1.165, 1.54) is 6.26 Å². The minimum atomic E-state index is -0.125. The summed E-state index contributed by atoms with van der Waals surface area (Å²) in [6, 6.07) is 0. The fourth-order valence-electron chi connectivity index (χ4n) is 1.53. The van der Waals surface area contributed by atoms with Crippen molar-refractivity contribution in [3.05, 3.63) is 36.6 Å². The molecule has 62 valence electrons. The van der Waals surface area contributed by atoms with E-state index >= 15 is 0 Å². The van der Waals surface area contributed by atoms with Crippen molar-refractivity contribution in [3.63, 3.8) is 0 Å². The lowest BCUT2D eigenvalue weighted by molar-refractivity contribution is -0.139. The maximum atomic E-state index is 11.1. The van der Waals surface area contributed by atoms with Crippen molar-refractivity contribution in [1.82, 2.24) is 0 Å². The lowest BCUT2D eigenvalue weighted by Crippen LogP contribution is -2.18. The summed E-state index contributed by atoms with van der Waals surface area (Å²) in [6.45, 7) is 0. The Bertz CT molecular complexity index is 274. The van der Waals surface area contributed by atoms with Gasteiger partial charge in [0, 0.05) is 0 Å². The van der Waals surface area contributed by atoms with Crippen LogP contribution in [0.5, 0.6) is 0 Å². The third-order valence-electron chi connectivity index (χ3n) is 2.22. The van der Waals surface area contributed by atoms with Crippen LogP contribution in [0.15, 0.2) is 36.6 Å². The van der Waals surface area contributed by atoms with Crippen LogP contribution in [0, 0.1) is 11.8 Å². The fraction of sp³-hybridized carbons (Fsp3) is 0.300. The van der Waals surface area contributed by atoms with Gasteiger partial charge >= 0.3 is 5.97 Å². The number of ether oxygens (including phenoxy) is 1. The van der Waals surface area contributed by atoms with Crippen LogP contribution in [0.2, 0.25) is 0 Å². The predicted octanol–water partition coefficient (Wildman–Crippen LogP) is 1.81. The molecular formula is C10H10O2. The van der Waals surface area contributed by atoms with Gasteiger partial charge in [0.15, 0.2) is 0 Å². The molecule has 0 amide bonds. The summed E-state index contributed by atoms with van der Waals surface area (Å²) in [6.07, 6.45) is 12.4. The Kier molecular flexibility index (Phi) is 1.82. The van der Waals surface area contributed by atoms with Gasteiger partial charge in [-0.15, -0.1) is 0 Å². The first-order valence-electron chi connectivity index (χ1n) is 4.08. The molecule has 0 fully saturated rings. The quantitative estimate of drug-likeness (QED) is 0.549. The average molecular weight is 162 g/mol. The largest absolute Gasteiger partial charge is 0.434 e. The van der Waals surface area contributed by atoms with E-state index in [-0.39, 0.29) is 11.9 Å². The van der Waals surface area contributed by atoms with Crippen LogP contribution in [0.25, 0.3) is 0 Å². The zero-order valence-corrected chi connectivity index (χ0v) is 6.64. The van der Waals surface area contributed by atoms with E-state index in [1.807, 2.05) is 18.2 Å². The first kappa shape index (κ1) is 7.35. The van der Waals surface area contributed by atoms with Crippen molar-refractivity contribution < 1.29 is 9.53 Å². The van der Waals surface area contributed by atoms with E-state index < -0.39 is 0 Å². The molecule has 0 bridgehead atoms. The topological polar surface area (TPSA) is 26.3 Å². The molecule has 1 aliphatic carbocycles. The van der Waals surface area contributed by atoms with E-state index in [9.17, 15) is 4.79 Å². The average Bonchev–Trinajstić information content (AvgIpc) is 2.53. The van der Waals surface area contributed by atoms with Gasteiger partial charge in [0.05, 0.1) is 12.2 Å². The van der Waals surface area contributed by atoms with Gasteiger partial charge in [0.2, 0.25) is 0 Å². The van der Waals surface area contributed by atoms with Gasteiger partial charge in [-0.1, -0.05) is 24.3 Å². The van der Waals surface area contributed by atoms with Crippen LogP contribution >= 0.6 is 0 Å². The Morgan fingerprint density at radius 1 is 1.33 bits per heavy atom. The third kappa shape index (κ3) is 1.20. The van der Waals surface area contributed by atoms with Gasteiger partial charge in [0.25, 0.3) is 0 Å². The number of esters is 1. The molecule has 0 saturated carbocycles. The second kappa shape index (κ2) is 2.97. The van der Waals surface area contributed by atoms with Gasteiger partial charge in [-0.3, -0.25) is 4.79 Å². The van der Waals surface area contributed by atoms with Crippen molar-refractivity contribution >= 4 is 5.97 Å². The number of allylic oxidation sites excluding steroid dienone is 4. The monoisotopic (exact) mass is 162 g/mol. The minimum absolute atomic E-state index is 0.0637. The molecule has 0 aromatic heterocycles. The van der Waals surface area contributed by atoms with E-state index in [1.54, 1.807) is 0 Å². The number of carbonyl (C=O) groups excluding carboxylic acids is 1.